The highest BCUT2D eigenvalue weighted by Crippen LogP contribution is 2.25. The fraction of sp³-hybridized carbons (Fsp3) is 0.133. The minimum absolute atomic E-state index is 0.374. The van der Waals surface area contributed by atoms with Crippen molar-refractivity contribution in [2.24, 2.45) is 0 Å². The molecule has 0 N–H and O–H groups in total. The maximum absolute atomic E-state index is 12.9. The van der Waals surface area contributed by atoms with Crippen LogP contribution in [0.4, 0.5) is 4.39 Å². The van der Waals surface area contributed by atoms with E-state index in [1.54, 1.807) is 12.1 Å². The van der Waals surface area contributed by atoms with Gasteiger partial charge in [0.15, 0.2) is 5.25 Å². The van der Waals surface area contributed by atoms with Crippen LogP contribution in [0.2, 0.25) is 0 Å². The fourth-order valence-electron chi connectivity index (χ4n) is 1.69. The van der Waals surface area contributed by atoms with Gasteiger partial charge in [0.25, 0.3) is 0 Å². The van der Waals surface area contributed by atoms with E-state index in [9.17, 15) is 13.9 Å². The molecule has 2 atom stereocenters. The van der Waals surface area contributed by atoms with Crippen molar-refractivity contribution in [1.29, 1.82) is 5.26 Å². The van der Waals surface area contributed by atoms with Gasteiger partial charge in [0, 0.05) is 4.90 Å². The summed E-state index contributed by atoms with van der Waals surface area (Å²) in [5.74, 6) is -0.374. The number of nitrogens with zero attached hydrogens (tertiary/aromatic N) is 1. The van der Waals surface area contributed by atoms with E-state index in [2.05, 4.69) is 0 Å². The maximum Gasteiger partial charge on any atom is 0.151 e. The molecule has 0 saturated heterocycles. The van der Waals surface area contributed by atoms with Gasteiger partial charge in [-0.05, 0) is 36.8 Å². The van der Waals surface area contributed by atoms with Crippen molar-refractivity contribution in [3.05, 3.63) is 65.5 Å². The Labute approximate surface area is 114 Å². The first-order valence-corrected chi connectivity index (χ1v) is 6.95. The van der Waals surface area contributed by atoms with Gasteiger partial charge in [0.1, 0.15) is 5.82 Å². The summed E-state index contributed by atoms with van der Waals surface area (Å²) in [6, 6.07) is 14.8. The lowest BCUT2D eigenvalue weighted by Crippen LogP contribution is -2.05. The average molecular weight is 273 g/mol. The minimum Gasteiger partial charge on any atom is -0.253 e. The Morgan fingerprint density at radius 3 is 2.21 bits per heavy atom. The van der Waals surface area contributed by atoms with E-state index in [4.69, 9.17) is 0 Å². The molecule has 0 spiro atoms. The molecule has 0 fully saturated rings. The van der Waals surface area contributed by atoms with Crippen LogP contribution in [0.15, 0.2) is 53.4 Å². The number of halogens is 1. The normalized spacial score (nSPS) is 13.5. The SMILES string of the molecule is Cc1ccc(S(=O)C(C#N)c2ccc(F)cc2)cc1. The van der Waals surface area contributed by atoms with Crippen molar-refractivity contribution in [3.63, 3.8) is 0 Å². The molecule has 19 heavy (non-hydrogen) atoms. The number of rotatable bonds is 3. The number of nitriles is 1. The maximum atomic E-state index is 12.9. The standard InChI is InChI=1S/C15H12FNOS/c1-11-2-8-14(9-3-11)19(18)15(10-17)12-4-6-13(16)7-5-12/h2-9,15H,1H3. The van der Waals surface area contributed by atoms with Crippen molar-refractivity contribution in [3.8, 4) is 6.07 Å². The molecule has 0 aliphatic rings. The first-order valence-electron chi connectivity index (χ1n) is 5.74. The molecule has 0 amide bonds. The predicted molar refractivity (Wildman–Crippen MR) is 72.3 cm³/mol. The number of hydrogen-bond donors (Lipinski definition) is 0. The summed E-state index contributed by atoms with van der Waals surface area (Å²) in [5, 5.41) is 8.41. The van der Waals surface area contributed by atoms with Gasteiger partial charge >= 0.3 is 0 Å². The summed E-state index contributed by atoms with van der Waals surface area (Å²) in [5.41, 5.74) is 1.62. The molecule has 0 aliphatic heterocycles. The van der Waals surface area contributed by atoms with Gasteiger partial charge in [-0.1, -0.05) is 29.8 Å². The molecule has 0 heterocycles. The van der Waals surface area contributed by atoms with E-state index in [0.29, 0.717) is 10.5 Å². The van der Waals surface area contributed by atoms with Crippen LogP contribution in [-0.4, -0.2) is 4.21 Å². The van der Waals surface area contributed by atoms with E-state index in [0.717, 1.165) is 5.56 Å². The van der Waals surface area contributed by atoms with E-state index in [1.807, 2.05) is 25.1 Å². The first-order chi connectivity index (χ1) is 9.11. The topological polar surface area (TPSA) is 40.9 Å². The van der Waals surface area contributed by atoms with Crippen molar-refractivity contribution < 1.29 is 8.60 Å². The number of aryl methyl sites for hydroxylation is 1. The van der Waals surface area contributed by atoms with Crippen LogP contribution >= 0.6 is 0 Å². The van der Waals surface area contributed by atoms with E-state index < -0.39 is 16.0 Å². The van der Waals surface area contributed by atoms with Gasteiger partial charge in [-0.2, -0.15) is 5.26 Å². The smallest absolute Gasteiger partial charge is 0.151 e. The molecule has 4 heteroatoms. The molecule has 0 aliphatic carbocycles. The third kappa shape index (κ3) is 3.07. The Balaban J connectivity index is 2.32. The van der Waals surface area contributed by atoms with Gasteiger partial charge in [-0.3, -0.25) is 4.21 Å². The summed E-state index contributed by atoms with van der Waals surface area (Å²) in [7, 11) is -1.47. The molecule has 0 bridgehead atoms. The third-order valence-corrected chi connectivity index (χ3v) is 4.30. The summed E-state index contributed by atoms with van der Waals surface area (Å²) >= 11 is 0. The van der Waals surface area contributed by atoms with Crippen LogP contribution < -0.4 is 0 Å². The highest BCUT2D eigenvalue weighted by Gasteiger charge is 2.20. The number of hydrogen-bond acceptors (Lipinski definition) is 2. The Morgan fingerprint density at radius 1 is 1.11 bits per heavy atom. The van der Waals surface area contributed by atoms with E-state index in [1.165, 1.54) is 24.3 Å². The first kappa shape index (κ1) is 13.4. The molecule has 2 nitrogen and oxygen atoms in total. The molecular formula is C15H12FNOS. The third-order valence-electron chi connectivity index (χ3n) is 2.76. The molecule has 2 aromatic rings. The van der Waals surface area contributed by atoms with Crippen LogP contribution in [0.1, 0.15) is 16.4 Å². The molecule has 0 radical (unpaired) electrons. The zero-order valence-corrected chi connectivity index (χ0v) is 11.2. The van der Waals surface area contributed by atoms with Crippen LogP contribution in [-0.2, 0) is 10.8 Å². The molecule has 96 valence electrons. The van der Waals surface area contributed by atoms with Crippen molar-refractivity contribution in [2.45, 2.75) is 17.1 Å². The quantitative estimate of drug-likeness (QED) is 0.858. The van der Waals surface area contributed by atoms with Gasteiger partial charge in [-0.25, -0.2) is 4.39 Å². The fourth-order valence-corrected chi connectivity index (χ4v) is 2.87. The predicted octanol–water partition coefficient (Wildman–Crippen LogP) is 3.51. The van der Waals surface area contributed by atoms with Gasteiger partial charge in [0.2, 0.25) is 0 Å². The molecular weight excluding hydrogens is 261 g/mol. The lowest BCUT2D eigenvalue weighted by Gasteiger charge is -2.09. The zero-order chi connectivity index (χ0) is 13.8. The Hall–Kier alpha value is -1.99. The average Bonchev–Trinajstić information content (AvgIpc) is 2.42. The summed E-state index contributed by atoms with van der Waals surface area (Å²) in [4.78, 5) is 0.599. The lowest BCUT2D eigenvalue weighted by atomic mass is 10.2. The Kier molecular flexibility index (Phi) is 4.08. The van der Waals surface area contributed by atoms with E-state index in [-0.39, 0.29) is 5.82 Å². The second-order valence-corrected chi connectivity index (χ2v) is 5.71. The van der Waals surface area contributed by atoms with Gasteiger partial charge in [-0.15, -0.1) is 0 Å². The summed E-state index contributed by atoms with van der Waals surface area (Å²) < 4.78 is 25.2. The molecule has 2 rings (SSSR count). The highest BCUT2D eigenvalue weighted by atomic mass is 32.2. The molecule has 0 saturated carbocycles. The molecule has 2 aromatic carbocycles. The van der Waals surface area contributed by atoms with Crippen LogP contribution in [0.3, 0.4) is 0 Å². The van der Waals surface area contributed by atoms with Crippen LogP contribution in [0, 0.1) is 24.1 Å². The largest absolute Gasteiger partial charge is 0.253 e. The minimum atomic E-state index is -1.47. The zero-order valence-electron chi connectivity index (χ0n) is 10.3. The highest BCUT2D eigenvalue weighted by molar-refractivity contribution is 7.85. The van der Waals surface area contributed by atoms with Crippen molar-refractivity contribution in [2.75, 3.05) is 0 Å². The molecule has 0 aromatic heterocycles. The van der Waals surface area contributed by atoms with Crippen LogP contribution in [0.5, 0.6) is 0 Å². The monoisotopic (exact) mass is 273 g/mol. The van der Waals surface area contributed by atoms with Gasteiger partial charge < -0.3 is 0 Å². The lowest BCUT2D eigenvalue weighted by molar-refractivity contribution is 0.627. The Bertz CT molecular complexity index is 629. The van der Waals surface area contributed by atoms with Crippen molar-refractivity contribution in [1.82, 2.24) is 0 Å². The number of benzene rings is 2. The second kappa shape index (κ2) is 5.77. The second-order valence-electron chi connectivity index (χ2n) is 4.17. The summed E-state index contributed by atoms with van der Waals surface area (Å²) in [6.07, 6.45) is 0. The molecule has 2 unspecified atom stereocenters. The Morgan fingerprint density at radius 2 is 1.68 bits per heavy atom. The van der Waals surface area contributed by atoms with E-state index >= 15 is 0 Å². The van der Waals surface area contributed by atoms with Gasteiger partial charge in [0.05, 0.1) is 16.9 Å². The summed E-state index contributed by atoms with van der Waals surface area (Å²) in [6.45, 7) is 1.94. The van der Waals surface area contributed by atoms with Crippen molar-refractivity contribution >= 4 is 10.8 Å². The van der Waals surface area contributed by atoms with Crippen LogP contribution in [0.25, 0.3) is 0 Å².